The summed E-state index contributed by atoms with van der Waals surface area (Å²) in [6.45, 7) is 4.68. The molecule has 12 aromatic carbocycles. The van der Waals surface area contributed by atoms with Gasteiger partial charge in [0.1, 0.15) is 11.2 Å². The molecule has 0 spiro atoms. The van der Waals surface area contributed by atoms with Gasteiger partial charge >= 0.3 is 0 Å². The molecule has 0 bridgehead atoms. The Morgan fingerprint density at radius 1 is 0.306 bits per heavy atom. The maximum absolute atomic E-state index is 6.68. The van der Waals surface area contributed by atoms with Crippen molar-refractivity contribution in [2.75, 3.05) is 0 Å². The molecule has 6 heteroatoms. The van der Waals surface area contributed by atoms with Crippen LogP contribution in [0.4, 0.5) is 0 Å². The number of hydrogen-bond acceptors (Lipinski definition) is 3. The van der Waals surface area contributed by atoms with Gasteiger partial charge in [-0.2, -0.15) is 0 Å². The summed E-state index contributed by atoms with van der Waals surface area (Å²) in [4.78, 5) is 10.9. The Morgan fingerprint density at radius 2 is 0.753 bits per heavy atom. The van der Waals surface area contributed by atoms with Crippen LogP contribution in [0.2, 0.25) is 0 Å². The Morgan fingerprint density at radius 3 is 1.35 bits per heavy atom. The molecular formula is C79H51N5O. The molecular weight excluding hydrogens is 1030 g/mol. The first-order valence-electron chi connectivity index (χ1n) is 29.2. The lowest BCUT2D eigenvalue weighted by Crippen LogP contribution is -2.15. The molecule has 0 fully saturated rings. The van der Waals surface area contributed by atoms with Crippen LogP contribution in [0.1, 0.15) is 25.0 Å². The van der Waals surface area contributed by atoms with Gasteiger partial charge in [-0.15, -0.1) is 0 Å². The number of fused-ring (bicyclic) bond motifs is 16. The molecule has 5 aromatic heterocycles. The number of furan rings is 1. The van der Waals surface area contributed by atoms with E-state index in [-0.39, 0.29) is 5.41 Å². The summed E-state index contributed by atoms with van der Waals surface area (Å²) in [5, 5.41) is 9.30. The standard InChI is InChI=1S/C79H51N5O/c1-79(2)66-37-31-50(41-60(66)58-35-36-59-57-28-16-18-30-75(57)85-77(59)76(58)79)51-32-38-70-61(42-51)62-43-52(33-39-71(62)82(70)54-23-11-5-12-24-54)53-34-40-72-63(44-53)65-46-73-64(56-27-15-17-29-69(56)83(73)55-25-13-6-14-26-55)45-74(65)84(72)78-80-67(48-19-7-3-8-20-48)47-68(81-78)49-21-9-4-10-22-49/h3-47H,1-2H3. The highest BCUT2D eigenvalue weighted by Crippen LogP contribution is 2.54. The molecule has 0 atom stereocenters. The van der Waals surface area contributed by atoms with Crippen LogP contribution in [0.25, 0.3) is 161 Å². The third-order valence-corrected chi connectivity index (χ3v) is 18.2. The van der Waals surface area contributed by atoms with Crippen LogP contribution in [0, 0.1) is 0 Å². The molecule has 18 rings (SSSR count). The van der Waals surface area contributed by atoms with E-state index in [2.05, 4.69) is 301 Å². The van der Waals surface area contributed by atoms with Crippen molar-refractivity contribution in [2.24, 2.45) is 0 Å². The van der Waals surface area contributed by atoms with Crippen molar-refractivity contribution in [1.29, 1.82) is 0 Å². The molecule has 398 valence electrons. The smallest absolute Gasteiger partial charge is 0.235 e. The lowest BCUT2D eigenvalue weighted by Gasteiger charge is -2.21. The average molecular weight is 1090 g/mol. The highest BCUT2D eigenvalue weighted by atomic mass is 16.3. The van der Waals surface area contributed by atoms with Gasteiger partial charge in [-0.1, -0.05) is 184 Å². The highest BCUT2D eigenvalue weighted by Gasteiger charge is 2.39. The van der Waals surface area contributed by atoms with Crippen LogP contribution in [-0.2, 0) is 5.41 Å². The average Bonchev–Trinajstić information content (AvgIpc) is 2.08. The number of aromatic nitrogens is 5. The molecule has 17 aromatic rings. The van der Waals surface area contributed by atoms with Crippen molar-refractivity contribution in [3.63, 3.8) is 0 Å². The monoisotopic (exact) mass is 1090 g/mol. The lowest BCUT2D eigenvalue weighted by molar-refractivity contribution is 0.620. The fourth-order valence-electron chi connectivity index (χ4n) is 14.3. The zero-order valence-electron chi connectivity index (χ0n) is 46.6. The van der Waals surface area contributed by atoms with Gasteiger partial charge in [0, 0.05) is 76.6 Å². The SMILES string of the molecule is CC1(C)c2ccc(-c3ccc4c(c3)c3cc(-c5ccc6c(c5)c5cc7c(cc5n6-c5nc(-c6ccccc6)cc(-c6ccccc6)n5)c5ccccc5n7-c5ccccc5)ccc3n4-c3ccccc3)cc2-c2ccc3c(oc4ccccc43)c21. The van der Waals surface area contributed by atoms with E-state index in [1.165, 1.54) is 54.9 Å². The third kappa shape index (κ3) is 7.06. The molecule has 5 heterocycles. The summed E-state index contributed by atoms with van der Waals surface area (Å²) in [6, 6.07) is 99.0. The molecule has 0 saturated heterocycles. The van der Waals surface area contributed by atoms with Crippen molar-refractivity contribution >= 4 is 87.4 Å². The Balaban J connectivity index is 0.846. The summed E-state index contributed by atoms with van der Waals surface area (Å²) in [7, 11) is 0. The van der Waals surface area contributed by atoms with Crippen LogP contribution in [0.15, 0.2) is 277 Å². The van der Waals surface area contributed by atoms with E-state index >= 15 is 0 Å². The molecule has 6 nitrogen and oxygen atoms in total. The Hall–Kier alpha value is -11.1. The Bertz CT molecular complexity index is 5550. The lowest BCUT2D eigenvalue weighted by atomic mass is 9.81. The van der Waals surface area contributed by atoms with Crippen molar-refractivity contribution in [3.05, 3.63) is 284 Å². The summed E-state index contributed by atoms with van der Waals surface area (Å²) >= 11 is 0. The third-order valence-electron chi connectivity index (χ3n) is 18.2. The van der Waals surface area contributed by atoms with E-state index in [4.69, 9.17) is 14.4 Å². The maximum atomic E-state index is 6.68. The topological polar surface area (TPSA) is 53.7 Å². The van der Waals surface area contributed by atoms with Gasteiger partial charge in [-0.05, 0) is 142 Å². The van der Waals surface area contributed by atoms with Crippen molar-refractivity contribution in [3.8, 4) is 73.2 Å². The van der Waals surface area contributed by atoms with E-state index in [0.717, 1.165) is 111 Å². The molecule has 1 aliphatic carbocycles. The van der Waals surface area contributed by atoms with Gasteiger partial charge in [-0.25, -0.2) is 9.97 Å². The Labute approximate surface area is 489 Å². The van der Waals surface area contributed by atoms with Gasteiger partial charge in [0.15, 0.2) is 0 Å². The second kappa shape index (κ2) is 18.0. The van der Waals surface area contributed by atoms with E-state index in [0.29, 0.717) is 5.95 Å². The van der Waals surface area contributed by atoms with E-state index in [9.17, 15) is 0 Å². The van der Waals surface area contributed by atoms with Gasteiger partial charge in [-0.3, -0.25) is 4.57 Å². The Kier molecular flexibility index (Phi) is 10.0. The number of hydrogen-bond donors (Lipinski definition) is 0. The molecule has 0 unspecified atom stereocenters. The zero-order chi connectivity index (χ0) is 56.1. The second-order valence-electron chi connectivity index (χ2n) is 23.3. The number of rotatable bonds is 7. The van der Waals surface area contributed by atoms with Gasteiger partial charge in [0.2, 0.25) is 5.95 Å². The molecule has 0 amide bonds. The first-order chi connectivity index (χ1) is 41.9. The molecule has 85 heavy (non-hydrogen) atoms. The van der Waals surface area contributed by atoms with E-state index < -0.39 is 0 Å². The first-order valence-corrected chi connectivity index (χ1v) is 29.2. The number of para-hydroxylation sites is 4. The molecule has 0 radical (unpaired) electrons. The predicted molar refractivity (Wildman–Crippen MR) is 352 cm³/mol. The minimum Gasteiger partial charge on any atom is -0.456 e. The second-order valence-corrected chi connectivity index (χ2v) is 23.3. The zero-order valence-corrected chi connectivity index (χ0v) is 46.6. The maximum Gasteiger partial charge on any atom is 0.235 e. The van der Waals surface area contributed by atoms with Crippen LogP contribution in [0.3, 0.4) is 0 Å². The molecule has 1 aliphatic rings. The fourth-order valence-corrected chi connectivity index (χ4v) is 14.3. The molecule has 0 aliphatic heterocycles. The van der Waals surface area contributed by atoms with Crippen LogP contribution in [0.5, 0.6) is 0 Å². The first kappa shape index (κ1) is 47.5. The summed E-state index contributed by atoms with van der Waals surface area (Å²) in [5.74, 6) is 0.616. The normalized spacial score (nSPS) is 12.9. The van der Waals surface area contributed by atoms with Gasteiger partial charge in [0.25, 0.3) is 0 Å². The molecule has 0 N–H and O–H groups in total. The number of nitrogens with zero attached hydrogens (tertiary/aromatic N) is 5. The van der Waals surface area contributed by atoms with E-state index in [1.807, 2.05) is 0 Å². The van der Waals surface area contributed by atoms with Gasteiger partial charge in [0.05, 0.1) is 44.5 Å². The van der Waals surface area contributed by atoms with Crippen molar-refractivity contribution in [2.45, 2.75) is 19.3 Å². The quantitative estimate of drug-likeness (QED) is 0.160. The van der Waals surface area contributed by atoms with E-state index in [1.54, 1.807) is 0 Å². The fraction of sp³-hybridized carbons (Fsp3) is 0.0380. The van der Waals surface area contributed by atoms with Crippen LogP contribution in [-0.4, -0.2) is 23.7 Å². The van der Waals surface area contributed by atoms with Crippen LogP contribution < -0.4 is 0 Å². The minimum absolute atomic E-state index is 0.237. The highest BCUT2D eigenvalue weighted by molar-refractivity contribution is 6.20. The number of benzene rings is 12. The minimum atomic E-state index is -0.237. The molecule has 0 saturated carbocycles. The van der Waals surface area contributed by atoms with Gasteiger partial charge < -0.3 is 13.6 Å². The largest absolute Gasteiger partial charge is 0.456 e. The summed E-state index contributed by atoms with van der Waals surface area (Å²) in [6.07, 6.45) is 0. The van der Waals surface area contributed by atoms with Crippen molar-refractivity contribution in [1.82, 2.24) is 23.7 Å². The summed E-state index contributed by atoms with van der Waals surface area (Å²) in [5.41, 5.74) is 24.1. The van der Waals surface area contributed by atoms with Crippen LogP contribution >= 0.6 is 0 Å². The summed E-state index contributed by atoms with van der Waals surface area (Å²) < 4.78 is 13.8. The van der Waals surface area contributed by atoms with Crippen molar-refractivity contribution < 1.29 is 4.42 Å². The predicted octanol–water partition coefficient (Wildman–Crippen LogP) is 20.6.